The molecule has 2 aliphatic rings. The summed E-state index contributed by atoms with van der Waals surface area (Å²) in [6.45, 7) is 0. The Balaban J connectivity index is 0.000000980. The van der Waals surface area contributed by atoms with Gasteiger partial charge in [0, 0.05) is 0 Å². The maximum atomic E-state index is 4.59. The van der Waals surface area contributed by atoms with Gasteiger partial charge in [-0.1, -0.05) is 42.5 Å². The molecule has 0 saturated heterocycles. The van der Waals surface area contributed by atoms with Crippen molar-refractivity contribution in [3.63, 3.8) is 0 Å². The Kier molecular flexibility index (Phi) is 5.14. The molecule has 26 heavy (non-hydrogen) atoms. The van der Waals surface area contributed by atoms with Crippen molar-refractivity contribution in [1.29, 1.82) is 0 Å². The summed E-state index contributed by atoms with van der Waals surface area (Å²) in [7, 11) is 0. The van der Waals surface area contributed by atoms with E-state index in [2.05, 4.69) is 19.9 Å². The molecule has 0 unspecified atom stereocenters. The van der Waals surface area contributed by atoms with Crippen LogP contribution < -0.4 is 22.4 Å². The average molecular weight is 399 g/mol. The first kappa shape index (κ1) is 18.2. The molecule has 0 fully saturated rings. The fourth-order valence-electron chi connectivity index (χ4n) is 2.83. The van der Waals surface area contributed by atoms with E-state index in [-0.39, 0.29) is 29.5 Å². The van der Waals surface area contributed by atoms with Crippen LogP contribution in [0.1, 0.15) is 22.8 Å². The van der Waals surface area contributed by atoms with Gasteiger partial charge in [0.25, 0.3) is 0 Å². The maximum absolute atomic E-state index is 4.59. The molecule has 0 aliphatic carbocycles. The van der Waals surface area contributed by atoms with E-state index < -0.39 is 0 Å². The Morgan fingerprint density at radius 3 is 1.27 bits per heavy atom. The molecule has 0 saturated carbocycles. The molecule has 0 N–H and O–H groups in total. The van der Waals surface area contributed by atoms with Crippen LogP contribution in [0.25, 0.3) is 46.4 Å². The third-order valence-corrected chi connectivity index (χ3v) is 3.92. The van der Waals surface area contributed by atoms with Gasteiger partial charge in [-0.15, -0.1) is 22.1 Å². The zero-order chi connectivity index (χ0) is 15.9. The Morgan fingerprint density at radius 2 is 0.846 bits per heavy atom. The van der Waals surface area contributed by atoms with Crippen molar-refractivity contribution in [2.24, 2.45) is 0 Å². The van der Waals surface area contributed by atoms with Crippen LogP contribution in [-0.2, 0) is 17.1 Å². The molecule has 126 valence electrons. The zero-order valence-corrected chi connectivity index (χ0v) is 15.4. The number of halogens is 1. The molecule has 5 heterocycles. The van der Waals surface area contributed by atoms with Crippen molar-refractivity contribution in [2.45, 2.75) is 0 Å². The third-order valence-electron chi connectivity index (χ3n) is 3.92. The maximum Gasteiger partial charge on any atom is 3.00 e. The van der Waals surface area contributed by atoms with Crippen molar-refractivity contribution in [3.8, 4) is 0 Å². The van der Waals surface area contributed by atoms with Crippen molar-refractivity contribution in [1.82, 2.24) is 19.9 Å². The number of hydrogen-bond acceptors (Lipinski definition) is 2. The molecule has 4 nitrogen and oxygen atoms in total. The normalized spacial score (nSPS) is 11.7. The Labute approximate surface area is 167 Å². The third kappa shape index (κ3) is 3.65. The quantitative estimate of drug-likeness (QED) is 0.364. The second-order valence-corrected chi connectivity index (χ2v) is 5.76. The summed E-state index contributed by atoms with van der Waals surface area (Å²) in [5.41, 5.74) is 7.15. The van der Waals surface area contributed by atoms with Crippen molar-refractivity contribution in [2.75, 3.05) is 0 Å². The second-order valence-electron chi connectivity index (χ2n) is 5.76. The van der Waals surface area contributed by atoms with Gasteiger partial charge in [-0.05, 0) is 30.4 Å². The van der Waals surface area contributed by atoms with Crippen LogP contribution in [0.15, 0.2) is 48.5 Å². The van der Waals surface area contributed by atoms with E-state index in [4.69, 9.17) is 0 Å². The molecule has 8 bridgehead atoms. The van der Waals surface area contributed by atoms with E-state index in [9.17, 15) is 0 Å². The monoisotopic (exact) mass is 398 g/mol. The van der Waals surface area contributed by atoms with Crippen molar-refractivity contribution >= 4 is 46.4 Å². The number of nitrogens with zero attached hydrogens (tertiary/aromatic N) is 4. The van der Waals surface area contributed by atoms with Gasteiger partial charge in [0.05, 0.1) is 22.8 Å². The van der Waals surface area contributed by atoms with Crippen molar-refractivity contribution < 1.29 is 29.5 Å². The molecule has 0 aromatic carbocycles. The molecular weight excluding hydrogens is 387 g/mol. The summed E-state index contributed by atoms with van der Waals surface area (Å²) in [5.74, 6) is 0. The largest absolute Gasteiger partial charge is 3.00 e. The molecule has 3 aromatic rings. The number of rotatable bonds is 0. The van der Waals surface area contributed by atoms with Gasteiger partial charge in [0.2, 0.25) is 0 Å². The van der Waals surface area contributed by atoms with Gasteiger partial charge in [-0.25, -0.2) is 9.97 Å². The smallest absolute Gasteiger partial charge is 1.00 e. The first-order valence-corrected chi connectivity index (χ1v) is 7.74. The number of hydrogen-bond donors (Lipinski definition) is 0. The molecule has 6 heteroatoms. The predicted molar refractivity (Wildman–Crippen MR) is 96.8 cm³/mol. The van der Waals surface area contributed by atoms with E-state index in [1.165, 1.54) is 0 Å². The predicted octanol–water partition coefficient (Wildman–Crippen LogP) is 0.915. The van der Waals surface area contributed by atoms with Gasteiger partial charge in [-0.2, -0.15) is 0 Å². The minimum absolute atomic E-state index is 0. The summed E-state index contributed by atoms with van der Waals surface area (Å²) in [6, 6.07) is 15.9. The molecule has 0 atom stereocenters. The van der Waals surface area contributed by atoms with Gasteiger partial charge < -0.3 is 22.4 Å². The molecule has 5 rings (SSSR count). The van der Waals surface area contributed by atoms with Crippen LogP contribution >= 0.6 is 0 Å². The number of aromatic nitrogens is 4. The van der Waals surface area contributed by atoms with Crippen LogP contribution in [0.4, 0.5) is 0 Å². The Bertz CT molecular complexity index is 1080. The van der Waals surface area contributed by atoms with Gasteiger partial charge in [-0.3, -0.25) is 0 Å². The summed E-state index contributed by atoms with van der Waals surface area (Å²) >= 11 is 0. The Morgan fingerprint density at radius 1 is 0.500 bits per heavy atom. The van der Waals surface area contributed by atoms with Gasteiger partial charge in [0.1, 0.15) is 0 Å². The summed E-state index contributed by atoms with van der Waals surface area (Å²) in [6.07, 6.45) is 7.95. The molecule has 0 radical (unpaired) electrons. The van der Waals surface area contributed by atoms with Gasteiger partial charge in [0.15, 0.2) is 0 Å². The molecule has 0 spiro atoms. The van der Waals surface area contributed by atoms with E-state index >= 15 is 0 Å². The molecule has 0 amide bonds. The van der Waals surface area contributed by atoms with E-state index in [0.29, 0.717) is 0 Å². The average Bonchev–Trinajstić information content (AvgIpc) is 3.32. The first-order chi connectivity index (χ1) is 11.8. The SMILES string of the molecule is C1=Cc2cc3ccc(cc4ccc(cc5nc(cc1n2)C=C5)[n-]4)[n-]3.[Cl-].[Mn+3]. The molecular formula is C20H12ClMnN4. The number of fused-ring (bicyclic) bond motifs is 8. The summed E-state index contributed by atoms with van der Waals surface area (Å²) in [5, 5.41) is 0. The minimum Gasteiger partial charge on any atom is -1.00 e. The summed E-state index contributed by atoms with van der Waals surface area (Å²) < 4.78 is 0. The minimum atomic E-state index is 0. The van der Waals surface area contributed by atoms with Crippen LogP contribution in [0.2, 0.25) is 0 Å². The van der Waals surface area contributed by atoms with Crippen LogP contribution in [0, 0.1) is 0 Å². The van der Waals surface area contributed by atoms with E-state index in [0.717, 1.165) is 44.8 Å². The van der Waals surface area contributed by atoms with Crippen LogP contribution in [0.3, 0.4) is 0 Å². The fourth-order valence-corrected chi connectivity index (χ4v) is 2.83. The Hall–Kier alpha value is -2.59. The van der Waals surface area contributed by atoms with E-state index in [1.807, 2.05) is 72.8 Å². The van der Waals surface area contributed by atoms with Crippen LogP contribution in [-0.4, -0.2) is 9.97 Å². The fraction of sp³-hybridized carbons (Fsp3) is 0. The van der Waals surface area contributed by atoms with E-state index in [1.54, 1.807) is 0 Å². The summed E-state index contributed by atoms with van der Waals surface area (Å²) in [4.78, 5) is 18.4. The van der Waals surface area contributed by atoms with Crippen LogP contribution in [0.5, 0.6) is 0 Å². The van der Waals surface area contributed by atoms with Gasteiger partial charge >= 0.3 is 17.1 Å². The van der Waals surface area contributed by atoms with Crippen molar-refractivity contribution in [3.05, 3.63) is 71.3 Å². The molecule has 2 aliphatic heterocycles. The topological polar surface area (TPSA) is 54.0 Å². The second kappa shape index (κ2) is 7.34. The molecule has 3 aromatic heterocycles. The standard InChI is InChI=1S/C20H12N4.ClH.Mn/c1-2-14-10-16-5-6-18(23-16)12-20-8-7-19(24-20)11-17-4-3-15(22-17)9-13(1)21-14;;/h1-12H;1H;/q-2;;+3/p-1. The zero-order valence-electron chi connectivity index (χ0n) is 13.5. The first-order valence-electron chi connectivity index (χ1n) is 7.74.